The van der Waals surface area contributed by atoms with E-state index in [2.05, 4.69) is 5.16 Å². The quantitative estimate of drug-likeness (QED) is 0.323. The first-order valence-corrected chi connectivity index (χ1v) is 4.00. The van der Waals surface area contributed by atoms with E-state index in [0.29, 0.717) is 11.5 Å². The maximum atomic E-state index is 8.29. The molecule has 76 valence electrons. The van der Waals surface area contributed by atoms with Crippen LogP contribution >= 0.6 is 0 Å². The van der Waals surface area contributed by atoms with Crippen LogP contribution in [0.2, 0.25) is 0 Å². The molecule has 0 fully saturated rings. The SMILES string of the molecule is COc1ccccc1OC/C(N)=N/O. The van der Waals surface area contributed by atoms with Gasteiger partial charge in [0.05, 0.1) is 7.11 Å². The molecule has 0 radical (unpaired) electrons. The van der Waals surface area contributed by atoms with E-state index in [-0.39, 0.29) is 12.4 Å². The van der Waals surface area contributed by atoms with Crippen LogP contribution in [0.3, 0.4) is 0 Å². The summed E-state index contributed by atoms with van der Waals surface area (Å²) in [6, 6.07) is 7.14. The minimum atomic E-state index is 0.0101. The van der Waals surface area contributed by atoms with Gasteiger partial charge in [-0.1, -0.05) is 17.3 Å². The van der Waals surface area contributed by atoms with Crippen LogP contribution in [0, 0.1) is 0 Å². The highest BCUT2D eigenvalue weighted by molar-refractivity contribution is 5.81. The molecule has 0 atom stereocenters. The Morgan fingerprint density at radius 3 is 2.64 bits per heavy atom. The normalized spacial score (nSPS) is 11.1. The summed E-state index contributed by atoms with van der Waals surface area (Å²) in [4.78, 5) is 0. The van der Waals surface area contributed by atoms with Gasteiger partial charge >= 0.3 is 0 Å². The molecule has 0 aliphatic heterocycles. The second kappa shape index (κ2) is 4.96. The van der Waals surface area contributed by atoms with Crippen molar-refractivity contribution in [3.8, 4) is 11.5 Å². The third-order valence-electron chi connectivity index (χ3n) is 1.57. The Labute approximate surface area is 81.7 Å². The number of nitrogens with two attached hydrogens (primary N) is 1. The summed E-state index contributed by atoms with van der Waals surface area (Å²) >= 11 is 0. The van der Waals surface area contributed by atoms with Crippen molar-refractivity contribution in [1.82, 2.24) is 0 Å². The summed E-state index contributed by atoms with van der Waals surface area (Å²) in [7, 11) is 1.55. The van der Waals surface area contributed by atoms with Crippen LogP contribution in [0.1, 0.15) is 0 Å². The summed E-state index contributed by atoms with van der Waals surface area (Å²) in [6.45, 7) is 0.0247. The maximum Gasteiger partial charge on any atom is 0.177 e. The fourth-order valence-electron chi connectivity index (χ4n) is 0.919. The molecule has 0 spiro atoms. The number of ether oxygens (including phenoxy) is 2. The second-order valence-electron chi connectivity index (χ2n) is 2.53. The van der Waals surface area contributed by atoms with Gasteiger partial charge in [-0.2, -0.15) is 0 Å². The lowest BCUT2D eigenvalue weighted by Crippen LogP contribution is -2.20. The highest BCUT2D eigenvalue weighted by Gasteiger charge is 2.02. The minimum absolute atomic E-state index is 0.0101. The van der Waals surface area contributed by atoms with Gasteiger partial charge in [0.15, 0.2) is 17.3 Å². The topological polar surface area (TPSA) is 77.1 Å². The fraction of sp³-hybridized carbons (Fsp3) is 0.222. The van der Waals surface area contributed by atoms with E-state index in [0.717, 1.165) is 0 Å². The zero-order valence-electron chi connectivity index (χ0n) is 7.80. The van der Waals surface area contributed by atoms with Gasteiger partial charge in [0, 0.05) is 0 Å². The Bertz CT molecular complexity index is 326. The van der Waals surface area contributed by atoms with Crippen LogP contribution < -0.4 is 15.2 Å². The standard InChI is InChI=1S/C9H12N2O3/c1-13-7-4-2-3-5-8(7)14-6-9(10)11-12/h2-5,12H,6H2,1H3,(H2,10,11). The van der Waals surface area contributed by atoms with Gasteiger partial charge in [-0.25, -0.2) is 0 Å². The molecule has 0 bridgehead atoms. The number of benzene rings is 1. The zero-order valence-corrected chi connectivity index (χ0v) is 7.80. The number of hydrogen-bond acceptors (Lipinski definition) is 4. The van der Waals surface area contributed by atoms with E-state index in [9.17, 15) is 0 Å². The Kier molecular flexibility index (Phi) is 3.60. The van der Waals surface area contributed by atoms with Crippen molar-refractivity contribution in [3.63, 3.8) is 0 Å². The van der Waals surface area contributed by atoms with Gasteiger partial charge in [-0.15, -0.1) is 0 Å². The third-order valence-corrected chi connectivity index (χ3v) is 1.57. The number of rotatable bonds is 4. The number of methoxy groups -OCH3 is 1. The number of hydrogen-bond donors (Lipinski definition) is 2. The molecular formula is C9H12N2O3. The van der Waals surface area contributed by atoms with Crippen LogP contribution in [0.4, 0.5) is 0 Å². The zero-order chi connectivity index (χ0) is 10.4. The molecule has 14 heavy (non-hydrogen) atoms. The lowest BCUT2D eigenvalue weighted by atomic mass is 10.3. The first kappa shape index (κ1) is 10.2. The molecule has 0 unspecified atom stereocenters. The van der Waals surface area contributed by atoms with Crippen LogP contribution in [-0.2, 0) is 0 Å². The van der Waals surface area contributed by atoms with E-state index in [1.54, 1.807) is 19.2 Å². The molecule has 0 aliphatic rings. The molecule has 0 aromatic heterocycles. The maximum absolute atomic E-state index is 8.29. The average molecular weight is 196 g/mol. The van der Waals surface area contributed by atoms with Gasteiger partial charge in [0.2, 0.25) is 0 Å². The van der Waals surface area contributed by atoms with E-state index >= 15 is 0 Å². The highest BCUT2D eigenvalue weighted by atomic mass is 16.5. The summed E-state index contributed by atoms with van der Waals surface area (Å²) in [5.74, 6) is 1.18. The lowest BCUT2D eigenvalue weighted by molar-refractivity contribution is 0.301. The molecule has 3 N–H and O–H groups in total. The fourth-order valence-corrected chi connectivity index (χ4v) is 0.919. The summed E-state index contributed by atoms with van der Waals surface area (Å²) in [6.07, 6.45) is 0. The van der Waals surface area contributed by atoms with Gasteiger partial charge < -0.3 is 20.4 Å². The molecule has 5 nitrogen and oxygen atoms in total. The van der Waals surface area contributed by atoms with Crippen molar-refractivity contribution in [2.24, 2.45) is 10.9 Å². The van der Waals surface area contributed by atoms with Crippen LogP contribution in [0.5, 0.6) is 11.5 Å². The first-order chi connectivity index (χ1) is 6.77. The molecule has 0 amide bonds. The number of para-hydroxylation sites is 2. The smallest absolute Gasteiger partial charge is 0.177 e. The van der Waals surface area contributed by atoms with E-state index in [1.165, 1.54) is 0 Å². The van der Waals surface area contributed by atoms with Crippen molar-refractivity contribution < 1.29 is 14.7 Å². The van der Waals surface area contributed by atoms with Crippen molar-refractivity contribution in [2.45, 2.75) is 0 Å². The Hall–Kier alpha value is -1.91. The van der Waals surface area contributed by atoms with Crippen molar-refractivity contribution in [2.75, 3.05) is 13.7 Å². The lowest BCUT2D eigenvalue weighted by Gasteiger charge is -2.08. The molecule has 0 aliphatic carbocycles. The number of nitrogens with zero attached hydrogens (tertiary/aromatic N) is 1. The second-order valence-corrected chi connectivity index (χ2v) is 2.53. The predicted octanol–water partition coefficient (Wildman–Crippen LogP) is 0.820. The first-order valence-electron chi connectivity index (χ1n) is 4.00. The van der Waals surface area contributed by atoms with Gasteiger partial charge in [0.1, 0.15) is 6.61 Å². The van der Waals surface area contributed by atoms with Gasteiger partial charge in [0.25, 0.3) is 0 Å². The van der Waals surface area contributed by atoms with Gasteiger partial charge in [-0.05, 0) is 12.1 Å². The largest absolute Gasteiger partial charge is 0.493 e. The molecule has 0 saturated heterocycles. The monoisotopic (exact) mass is 196 g/mol. The van der Waals surface area contributed by atoms with Gasteiger partial charge in [-0.3, -0.25) is 0 Å². The van der Waals surface area contributed by atoms with Crippen LogP contribution in [0.25, 0.3) is 0 Å². The van der Waals surface area contributed by atoms with E-state index in [4.69, 9.17) is 20.4 Å². The Morgan fingerprint density at radius 1 is 1.43 bits per heavy atom. The number of oxime groups is 1. The third kappa shape index (κ3) is 2.55. The van der Waals surface area contributed by atoms with E-state index < -0.39 is 0 Å². The molecule has 0 heterocycles. The van der Waals surface area contributed by atoms with Crippen molar-refractivity contribution in [1.29, 1.82) is 0 Å². The average Bonchev–Trinajstić information content (AvgIpc) is 2.26. The molecular weight excluding hydrogens is 184 g/mol. The number of amidine groups is 1. The summed E-state index contributed by atoms with van der Waals surface area (Å²) in [5, 5.41) is 11.1. The molecule has 1 aromatic carbocycles. The van der Waals surface area contributed by atoms with Crippen LogP contribution in [-0.4, -0.2) is 24.8 Å². The molecule has 5 heteroatoms. The van der Waals surface area contributed by atoms with Crippen molar-refractivity contribution >= 4 is 5.84 Å². The highest BCUT2D eigenvalue weighted by Crippen LogP contribution is 2.25. The van der Waals surface area contributed by atoms with E-state index in [1.807, 2.05) is 12.1 Å². The van der Waals surface area contributed by atoms with Crippen LogP contribution in [0.15, 0.2) is 29.4 Å². The van der Waals surface area contributed by atoms with Crippen molar-refractivity contribution in [3.05, 3.63) is 24.3 Å². The Balaban J connectivity index is 2.66. The molecule has 1 rings (SSSR count). The predicted molar refractivity (Wildman–Crippen MR) is 51.9 cm³/mol. The summed E-state index contributed by atoms with van der Waals surface area (Å²) in [5.41, 5.74) is 5.25. The molecule has 1 aromatic rings. The molecule has 0 saturated carbocycles. The Morgan fingerprint density at radius 2 is 2.07 bits per heavy atom. The minimum Gasteiger partial charge on any atom is -0.493 e. The summed E-state index contributed by atoms with van der Waals surface area (Å²) < 4.78 is 10.3.